The number of ether oxygens (including phenoxy) is 2. The molecule has 0 saturated heterocycles. The molecule has 1 aromatic carbocycles. The number of hydrogen-bond donors (Lipinski definition) is 1. The van der Waals surface area contributed by atoms with Gasteiger partial charge in [0.2, 0.25) is 5.88 Å². The highest BCUT2D eigenvalue weighted by Crippen LogP contribution is 2.32. The Kier molecular flexibility index (Phi) is 4.99. The van der Waals surface area contributed by atoms with Crippen molar-refractivity contribution in [2.45, 2.75) is 37.7 Å². The molecule has 0 fully saturated rings. The lowest BCUT2D eigenvalue weighted by Crippen LogP contribution is -2.42. The van der Waals surface area contributed by atoms with Crippen LogP contribution in [0, 0.1) is 0 Å². The number of aryl methyl sites for hydroxylation is 1. The Balaban J connectivity index is 1.27. The molecule has 0 radical (unpaired) electrons. The molecular formula is C22H19F3N4O3. The summed E-state index contributed by atoms with van der Waals surface area (Å²) < 4.78 is 50.8. The summed E-state index contributed by atoms with van der Waals surface area (Å²) in [5.74, 6) is 0.217. The lowest BCUT2D eigenvalue weighted by molar-refractivity contribution is -0.203. The molecule has 0 saturated carbocycles. The Morgan fingerprint density at radius 1 is 1.12 bits per heavy atom. The van der Waals surface area contributed by atoms with Crippen LogP contribution < -0.4 is 14.8 Å². The third kappa shape index (κ3) is 4.00. The molecule has 166 valence electrons. The number of carbonyl (C=O) groups is 1. The van der Waals surface area contributed by atoms with E-state index >= 15 is 0 Å². The number of rotatable bonds is 3. The standard InChI is InChI=1S/C22H19F3N4O3/c23-22(24,25)19-5-8-29-20(32-19)11-17(28-29)21(30)27-16-10-15-9-14(1-2-18(15)31-12-16)13-3-6-26-7-4-13/h1-4,6-7,9,11,16,19H,5,8,10,12H2,(H,27,30)/t16-,19?/m1/s1. The van der Waals surface area contributed by atoms with Crippen molar-refractivity contribution >= 4 is 5.91 Å². The van der Waals surface area contributed by atoms with Crippen molar-refractivity contribution in [3.8, 4) is 22.8 Å². The summed E-state index contributed by atoms with van der Waals surface area (Å²) in [6, 6.07) is 10.7. The minimum Gasteiger partial charge on any atom is -0.491 e. The van der Waals surface area contributed by atoms with Crippen LogP contribution in [0.3, 0.4) is 0 Å². The van der Waals surface area contributed by atoms with Gasteiger partial charge in [-0.25, -0.2) is 4.68 Å². The number of nitrogens with one attached hydrogen (secondary N) is 1. The SMILES string of the molecule is O=C(N[C@H]1COc2ccc(-c3ccncc3)cc2C1)c1cc2n(n1)CCC(C(F)(F)F)O2. The molecule has 7 nitrogen and oxygen atoms in total. The molecule has 0 spiro atoms. The molecule has 0 bridgehead atoms. The molecule has 5 rings (SSSR count). The van der Waals surface area contributed by atoms with Crippen molar-refractivity contribution < 1.29 is 27.4 Å². The Morgan fingerprint density at radius 3 is 2.72 bits per heavy atom. The van der Waals surface area contributed by atoms with E-state index in [1.54, 1.807) is 12.4 Å². The monoisotopic (exact) mass is 444 g/mol. The van der Waals surface area contributed by atoms with Gasteiger partial charge in [-0.15, -0.1) is 0 Å². The fraction of sp³-hybridized carbons (Fsp3) is 0.318. The molecule has 2 aliphatic heterocycles. The van der Waals surface area contributed by atoms with Crippen LogP contribution in [0.5, 0.6) is 11.6 Å². The van der Waals surface area contributed by atoms with Crippen LogP contribution in [0.1, 0.15) is 22.5 Å². The lowest BCUT2D eigenvalue weighted by Gasteiger charge is -2.26. The lowest BCUT2D eigenvalue weighted by atomic mass is 9.97. The van der Waals surface area contributed by atoms with Crippen LogP contribution in [-0.2, 0) is 13.0 Å². The van der Waals surface area contributed by atoms with Crippen molar-refractivity contribution in [2.24, 2.45) is 0 Å². The number of hydrogen-bond acceptors (Lipinski definition) is 5. The number of alkyl halides is 3. The zero-order chi connectivity index (χ0) is 22.3. The Morgan fingerprint density at radius 2 is 1.94 bits per heavy atom. The second-order valence-corrected chi connectivity index (χ2v) is 7.77. The van der Waals surface area contributed by atoms with Gasteiger partial charge in [0.05, 0.1) is 6.04 Å². The van der Waals surface area contributed by atoms with E-state index in [1.807, 2.05) is 30.3 Å². The van der Waals surface area contributed by atoms with Crippen LogP contribution >= 0.6 is 0 Å². The number of nitrogens with zero attached hydrogens (tertiary/aromatic N) is 3. The summed E-state index contributed by atoms with van der Waals surface area (Å²) in [7, 11) is 0. The summed E-state index contributed by atoms with van der Waals surface area (Å²) in [4.78, 5) is 16.7. The van der Waals surface area contributed by atoms with Gasteiger partial charge in [-0.2, -0.15) is 18.3 Å². The van der Waals surface area contributed by atoms with E-state index in [-0.39, 0.29) is 37.2 Å². The van der Waals surface area contributed by atoms with Crippen LogP contribution in [0.15, 0.2) is 48.8 Å². The van der Waals surface area contributed by atoms with Crippen LogP contribution in [0.2, 0.25) is 0 Å². The van der Waals surface area contributed by atoms with Gasteiger partial charge in [0.1, 0.15) is 12.4 Å². The van der Waals surface area contributed by atoms with Gasteiger partial charge >= 0.3 is 6.18 Å². The van der Waals surface area contributed by atoms with Crippen LogP contribution in [0.25, 0.3) is 11.1 Å². The number of benzene rings is 1. The maximum Gasteiger partial charge on any atom is 0.425 e. The maximum atomic E-state index is 12.9. The predicted molar refractivity (Wildman–Crippen MR) is 107 cm³/mol. The number of aromatic nitrogens is 3. The third-order valence-electron chi connectivity index (χ3n) is 5.52. The van der Waals surface area contributed by atoms with Gasteiger partial charge in [-0.3, -0.25) is 9.78 Å². The van der Waals surface area contributed by atoms with Gasteiger partial charge in [0.25, 0.3) is 5.91 Å². The molecule has 32 heavy (non-hydrogen) atoms. The first kappa shape index (κ1) is 20.3. The third-order valence-corrected chi connectivity index (χ3v) is 5.52. The van der Waals surface area contributed by atoms with E-state index in [1.165, 1.54) is 10.7 Å². The minimum atomic E-state index is -4.46. The van der Waals surface area contributed by atoms with Crippen LogP contribution in [0.4, 0.5) is 13.2 Å². The van der Waals surface area contributed by atoms with E-state index < -0.39 is 18.2 Å². The minimum absolute atomic E-state index is 0.0131. The number of carbonyl (C=O) groups excluding carboxylic acids is 1. The molecule has 3 aromatic rings. The van der Waals surface area contributed by atoms with Crippen molar-refractivity contribution in [3.63, 3.8) is 0 Å². The smallest absolute Gasteiger partial charge is 0.425 e. The molecule has 0 aliphatic carbocycles. The van der Waals surface area contributed by atoms with Crippen LogP contribution in [-0.4, -0.2) is 45.6 Å². The second kappa shape index (κ2) is 7.85. The number of halogens is 3. The molecule has 1 amide bonds. The van der Waals surface area contributed by atoms with Gasteiger partial charge < -0.3 is 14.8 Å². The van der Waals surface area contributed by atoms with E-state index in [2.05, 4.69) is 15.4 Å². The molecular weight excluding hydrogens is 425 g/mol. The largest absolute Gasteiger partial charge is 0.491 e. The number of amides is 1. The van der Waals surface area contributed by atoms with E-state index in [0.717, 1.165) is 22.4 Å². The number of pyridine rings is 1. The highest BCUT2D eigenvalue weighted by atomic mass is 19.4. The molecule has 2 aliphatic rings. The first-order chi connectivity index (χ1) is 15.4. The molecule has 1 N–H and O–H groups in total. The van der Waals surface area contributed by atoms with E-state index in [0.29, 0.717) is 6.42 Å². The molecule has 4 heterocycles. The van der Waals surface area contributed by atoms with Crippen molar-refractivity contribution in [2.75, 3.05) is 6.61 Å². The fourth-order valence-corrected chi connectivity index (χ4v) is 3.91. The van der Waals surface area contributed by atoms with Gasteiger partial charge in [-0.1, -0.05) is 6.07 Å². The van der Waals surface area contributed by atoms with Crippen molar-refractivity contribution in [3.05, 3.63) is 60.0 Å². The summed E-state index contributed by atoms with van der Waals surface area (Å²) in [5.41, 5.74) is 3.00. The summed E-state index contributed by atoms with van der Waals surface area (Å²) in [6.45, 7) is 0.318. The quantitative estimate of drug-likeness (QED) is 0.670. The topological polar surface area (TPSA) is 78.3 Å². The summed E-state index contributed by atoms with van der Waals surface area (Å²) >= 11 is 0. The Hall–Kier alpha value is -3.56. The average molecular weight is 444 g/mol. The second-order valence-electron chi connectivity index (χ2n) is 7.77. The molecule has 2 atom stereocenters. The average Bonchev–Trinajstić information content (AvgIpc) is 3.22. The summed E-state index contributed by atoms with van der Waals surface area (Å²) in [6.07, 6.45) is -2.59. The zero-order valence-electron chi connectivity index (χ0n) is 16.8. The van der Waals surface area contributed by atoms with Crippen molar-refractivity contribution in [1.82, 2.24) is 20.1 Å². The molecule has 1 unspecified atom stereocenters. The molecule has 2 aromatic heterocycles. The van der Waals surface area contributed by atoms with Gasteiger partial charge in [0.15, 0.2) is 11.8 Å². The van der Waals surface area contributed by atoms with Gasteiger partial charge in [0, 0.05) is 31.4 Å². The normalized spacial score (nSPS) is 19.8. The maximum absolute atomic E-state index is 12.9. The highest BCUT2D eigenvalue weighted by Gasteiger charge is 2.44. The first-order valence-corrected chi connectivity index (χ1v) is 10.1. The Labute approximate surface area is 181 Å². The first-order valence-electron chi connectivity index (χ1n) is 10.1. The van der Waals surface area contributed by atoms with E-state index in [9.17, 15) is 18.0 Å². The van der Waals surface area contributed by atoms with Gasteiger partial charge in [-0.05, 0) is 47.4 Å². The molecule has 10 heteroatoms. The fourth-order valence-electron chi connectivity index (χ4n) is 3.91. The predicted octanol–water partition coefficient (Wildman–Crippen LogP) is 3.39. The van der Waals surface area contributed by atoms with E-state index in [4.69, 9.17) is 9.47 Å². The zero-order valence-corrected chi connectivity index (χ0v) is 16.8. The van der Waals surface area contributed by atoms with Crippen molar-refractivity contribution in [1.29, 1.82) is 0 Å². The summed E-state index contributed by atoms with van der Waals surface area (Å²) in [5, 5.41) is 6.95. The number of fused-ring (bicyclic) bond motifs is 2. The highest BCUT2D eigenvalue weighted by molar-refractivity contribution is 5.92. The Bertz CT molecular complexity index is 1150.